The van der Waals surface area contributed by atoms with Crippen LogP contribution >= 0.6 is 0 Å². The van der Waals surface area contributed by atoms with E-state index in [0.717, 1.165) is 24.4 Å². The van der Waals surface area contributed by atoms with Crippen LogP contribution < -0.4 is 20.1 Å². The molecule has 0 spiro atoms. The number of nitrogens with one attached hydrogen (secondary N) is 2. The van der Waals surface area contributed by atoms with Crippen molar-refractivity contribution < 1.29 is 19.1 Å². The highest BCUT2D eigenvalue weighted by atomic mass is 16.5. The van der Waals surface area contributed by atoms with Gasteiger partial charge in [0.25, 0.3) is 0 Å². The third kappa shape index (κ3) is 5.74. The second-order valence-corrected chi connectivity index (χ2v) is 7.61. The summed E-state index contributed by atoms with van der Waals surface area (Å²) in [6.07, 6.45) is 0. The molecule has 8 nitrogen and oxygen atoms in total. The van der Waals surface area contributed by atoms with Gasteiger partial charge in [-0.2, -0.15) is 0 Å². The minimum absolute atomic E-state index is 0.129. The van der Waals surface area contributed by atoms with Crippen molar-refractivity contribution in [2.45, 2.75) is 13.0 Å². The van der Waals surface area contributed by atoms with E-state index in [9.17, 15) is 9.59 Å². The van der Waals surface area contributed by atoms with E-state index in [0.29, 0.717) is 23.7 Å². The van der Waals surface area contributed by atoms with E-state index < -0.39 is 0 Å². The Morgan fingerprint density at radius 2 is 1.81 bits per heavy atom. The van der Waals surface area contributed by atoms with Crippen LogP contribution in [0.25, 0.3) is 0 Å². The predicted molar refractivity (Wildman–Crippen MR) is 121 cm³/mol. The minimum Gasteiger partial charge on any atom is -0.497 e. The lowest BCUT2D eigenvalue weighted by molar-refractivity contribution is -0.118. The van der Waals surface area contributed by atoms with Crippen LogP contribution in [0.1, 0.15) is 18.5 Å². The number of anilines is 2. The van der Waals surface area contributed by atoms with Crippen molar-refractivity contribution in [2.75, 3.05) is 58.1 Å². The highest BCUT2D eigenvalue weighted by Crippen LogP contribution is 2.31. The lowest BCUT2D eigenvalue weighted by Crippen LogP contribution is -2.49. The van der Waals surface area contributed by atoms with Gasteiger partial charge in [-0.15, -0.1) is 0 Å². The molecule has 1 saturated heterocycles. The molecule has 1 unspecified atom stereocenters. The zero-order valence-electron chi connectivity index (χ0n) is 18.5. The van der Waals surface area contributed by atoms with Crippen molar-refractivity contribution in [1.29, 1.82) is 0 Å². The first-order chi connectivity index (χ1) is 14.9. The topological polar surface area (TPSA) is 83.1 Å². The van der Waals surface area contributed by atoms with E-state index in [1.54, 1.807) is 32.4 Å². The standard InChI is InChI=1S/C23H30N4O4/c1-16(28)24-19-10-9-17(30-3)13-20(19)25-23(29)15-27-12-11-26(2)21(14-27)18-7-5-6-8-22(18)31-4/h5-10,13,21H,11-12,14-15H2,1-4H3,(H,24,28)(H,25,29). The van der Waals surface area contributed by atoms with E-state index in [1.165, 1.54) is 6.92 Å². The fraction of sp³-hybridized carbons (Fsp3) is 0.391. The number of methoxy groups -OCH3 is 2. The van der Waals surface area contributed by atoms with Gasteiger partial charge in [-0.1, -0.05) is 18.2 Å². The SMILES string of the molecule is COc1ccc(NC(C)=O)c(NC(=O)CN2CCN(C)C(c3ccccc3OC)C2)c1. The molecule has 1 aliphatic heterocycles. The fourth-order valence-corrected chi connectivity index (χ4v) is 3.80. The van der Waals surface area contributed by atoms with Crippen LogP contribution in [0.5, 0.6) is 11.5 Å². The molecule has 1 aliphatic rings. The van der Waals surface area contributed by atoms with E-state index in [4.69, 9.17) is 9.47 Å². The maximum atomic E-state index is 12.8. The molecule has 3 rings (SSSR count). The number of hydrogen-bond donors (Lipinski definition) is 2. The monoisotopic (exact) mass is 426 g/mol. The summed E-state index contributed by atoms with van der Waals surface area (Å²) < 4.78 is 10.8. The zero-order chi connectivity index (χ0) is 22.4. The third-order valence-corrected chi connectivity index (χ3v) is 5.41. The molecule has 0 aromatic heterocycles. The van der Waals surface area contributed by atoms with Crippen LogP contribution in [0.2, 0.25) is 0 Å². The van der Waals surface area contributed by atoms with Gasteiger partial charge in [0.15, 0.2) is 0 Å². The number of para-hydroxylation sites is 1. The number of ether oxygens (including phenoxy) is 2. The number of nitrogens with zero attached hydrogens (tertiary/aromatic N) is 2. The Labute approximate surface area is 183 Å². The molecule has 8 heteroatoms. The second-order valence-electron chi connectivity index (χ2n) is 7.61. The van der Waals surface area contributed by atoms with E-state index in [2.05, 4.69) is 33.5 Å². The number of likely N-dealkylation sites (N-methyl/N-ethyl adjacent to an activating group) is 1. The first kappa shape index (κ1) is 22.6. The Hall–Kier alpha value is -3.10. The van der Waals surface area contributed by atoms with Crippen LogP contribution in [0.4, 0.5) is 11.4 Å². The summed E-state index contributed by atoms with van der Waals surface area (Å²) in [4.78, 5) is 28.7. The minimum atomic E-state index is -0.209. The van der Waals surface area contributed by atoms with Gasteiger partial charge < -0.3 is 20.1 Å². The Kier molecular flexibility index (Phi) is 7.49. The average molecular weight is 427 g/mol. The molecular formula is C23H30N4O4. The Morgan fingerprint density at radius 1 is 1.03 bits per heavy atom. The number of rotatable bonds is 7. The summed E-state index contributed by atoms with van der Waals surface area (Å²) in [7, 11) is 5.32. The zero-order valence-corrected chi connectivity index (χ0v) is 18.5. The molecule has 2 aromatic rings. The van der Waals surface area contributed by atoms with E-state index >= 15 is 0 Å². The van der Waals surface area contributed by atoms with Crippen LogP contribution in [-0.2, 0) is 9.59 Å². The van der Waals surface area contributed by atoms with E-state index in [1.807, 2.05) is 18.2 Å². The number of carbonyl (C=O) groups excluding carboxylic acids is 2. The number of carbonyl (C=O) groups is 2. The predicted octanol–water partition coefficient (Wildman–Crippen LogP) is 2.59. The molecule has 1 atom stereocenters. The van der Waals surface area contributed by atoms with E-state index in [-0.39, 0.29) is 24.4 Å². The molecule has 0 radical (unpaired) electrons. The maximum absolute atomic E-state index is 12.8. The van der Waals surface area contributed by atoms with Crippen molar-refractivity contribution in [1.82, 2.24) is 9.80 Å². The Balaban J connectivity index is 1.70. The van der Waals surface area contributed by atoms with Crippen molar-refractivity contribution in [2.24, 2.45) is 0 Å². The quantitative estimate of drug-likeness (QED) is 0.708. The maximum Gasteiger partial charge on any atom is 0.238 e. The largest absolute Gasteiger partial charge is 0.497 e. The summed E-state index contributed by atoms with van der Waals surface area (Å²) in [6.45, 7) is 4.01. The van der Waals surface area contributed by atoms with Gasteiger partial charge in [-0.3, -0.25) is 19.4 Å². The van der Waals surface area contributed by atoms with Gasteiger partial charge in [0, 0.05) is 38.2 Å². The summed E-state index contributed by atoms with van der Waals surface area (Å²) in [6, 6.07) is 13.3. The molecule has 2 aromatic carbocycles. The number of benzene rings is 2. The summed E-state index contributed by atoms with van der Waals surface area (Å²) in [5.41, 5.74) is 2.15. The van der Waals surface area contributed by atoms with Crippen LogP contribution in [0.3, 0.4) is 0 Å². The molecule has 0 aliphatic carbocycles. The summed E-state index contributed by atoms with van der Waals surface area (Å²) in [5.74, 6) is 1.09. The first-order valence-corrected chi connectivity index (χ1v) is 10.2. The number of hydrogen-bond acceptors (Lipinski definition) is 6. The smallest absolute Gasteiger partial charge is 0.238 e. The second kappa shape index (κ2) is 10.3. The van der Waals surface area contributed by atoms with Crippen molar-refractivity contribution in [3.8, 4) is 11.5 Å². The van der Waals surface area contributed by atoms with Crippen LogP contribution in [0.15, 0.2) is 42.5 Å². The fourth-order valence-electron chi connectivity index (χ4n) is 3.80. The molecular weight excluding hydrogens is 396 g/mol. The van der Waals surface area contributed by atoms with Crippen molar-refractivity contribution >= 4 is 23.2 Å². The van der Waals surface area contributed by atoms with Crippen molar-refractivity contribution in [3.63, 3.8) is 0 Å². The molecule has 0 saturated carbocycles. The molecule has 1 heterocycles. The van der Waals surface area contributed by atoms with Crippen LogP contribution in [0, 0.1) is 0 Å². The normalized spacial score (nSPS) is 17.1. The number of piperazine rings is 1. The molecule has 2 N–H and O–H groups in total. The molecule has 2 amide bonds. The highest BCUT2D eigenvalue weighted by molar-refractivity contribution is 5.99. The van der Waals surface area contributed by atoms with Gasteiger partial charge in [0.2, 0.25) is 11.8 Å². The average Bonchev–Trinajstić information content (AvgIpc) is 2.76. The summed E-state index contributed by atoms with van der Waals surface area (Å²) >= 11 is 0. The van der Waals surface area contributed by atoms with Gasteiger partial charge >= 0.3 is 0 Å². The Bertz CT molecular complexity index is 934. The molecule has 31 heavy (non-hydrogen) atoms. The molecule has 1 fully saturated rings. The third-order valence-electron chi connectivity index (χ3n) is 5.41. The van der Waals surface area contributed by atoms with Gasteiger partial charge in [-0.05, 0) is 25.2 Å². The molecule has 166 valence electrons. The van der Waals surface area contributed by atoms with Crippen LogP contribution in [-0.4, -0.2) is 69.1 Å². The highest BCUT2D eigenvalue weighted by Gasteiger charge is 2.28. The Morgan fingerprint density at radius 3 is 2.52 bits per heavy atom. The first-order valence-electron chi connectivity index (χ1n) is 10.2. The van der Waals surface area contributed by atoms with Gasteiger partial charge in [0.05, 0.1) is 38.2 Å². The lowest BCUT2D eigenvalue weighted by atomic mass is 10.0. The number of amides is 2. The lowest BCUT2D eigenvalue weighted by Gasteiger charge is -2.39. The molecule has 0 bridgehead atoms. The summed E-state index contributed by atoms with van der Waals surface area (Å²) in [5, 5.41) is 5.65. The van der Waals surface area contributed by atoms with Gasteiger partial charge in [0.1, 0.15) is 11.5 Å². The van der Waals surface area contributed by atoms with Gasteiger partial charge in [-0.25, -0.2) is 0 Å². The van der Waals surface area contributed by atoms with Crippen molar-refractivity contribution in [3.05, 3.63) is 48.0 Å².